The zero-order chi connectivity index (χ0) is 27.7. The van der Waals surface area contributed by atoms with Crippen molar-refractivity contribution < 1.29 is 31.8 Å². The first-order chi connectivity index (χ1) is 18.1. The van der Waals surface area contributed by atoms with Gasteiger partial charge in [0, 0.05) is 12.6 Å². The van der Waals surface area contributed by atoms with Gasteiger partial charge in [0.05, 0.1) is 30.9 Å². The van der Waals surface area contributed by atoms with E-state index in [0.717, 1.165) is 21.7 Å². The average molecular weight is 545 g/mol. The summed E-state index contributed by atoms with van der Waals surface area (Å²) in [5, 5.41) is 2.74. The number of rotatable bonds is 13. The summed E-state index contributed by atoms with van der Waals surface area (Å²) in [7, 11) is -1.52. The van der Waals surface area contributed by atoms with Crippen LogP contribution in [-0.2, 0) is 21.2 Å². The third kappa shape index (κ3) is 7.38. The lowest BCUT2D eigenvalue weighted by Gasteiger charge is -2.25. The number of hydrogen-bond acceptors (Lipinski definition) is 6. The monoisotopic (exact) mass is 544 g/mol. The molecule has 8 nitrogen and oxygen atoms in total. The lowest BCUT2D eigenvalue weighted by Crippen LogP contribution is -2.41. The number of nitrogens with zero attached hydrogens (tertiary/aromatic N) is 1. The van der Waals surface area contributed by atoms with E-state index in [9.17, 15) is 17.6 Å². The van der Waals surface area contributed by atoms with Gasteiger partial charge in [-0.3, -0.25) is 9.10 Å². The molecule has 0 unspecified atom stereocenters. The molecule has 0 fully saturated rings. The number of benzene rings is 3. The highest BCUT2D eigenvalue weighted by molar-refractivity contribution is 7.92. The number of carbonyl (C=O) groups excluding carboxylic acids is 1. The summed E-state index contributed by atoms with van der Waals surface area (Å²) in [5.41, 5.74) is 0.848. The van der Waals surface area contributed by atoms with E-state index in [-0.39, 0.29) is 22.4 Å². The van der Waals surface area contributed by atoms with Crippen LogP contribution in [0.5, 0.6) is 17.2 Å². The van der Waals surface area contributed by atoms with Crippen LogP contribution in [0.3, 0.4) is 0 Å². The van der Waals surface area contributed by atoms with E-state index in [0.29, 0.717) is 25.1 Å². The van der Waals surface area contributed by atoms with E-state index in [1.165, 1.54) is 50.6 Å². The SMILES string of the molecule is COc1ccc(S(=O)(=O)N(CC(=O)NCCCc2ccc(OC(C)C)cc2)c2ccccc2F)cc1OC. The van der Waals surface area contributed by atoms with E-state index < -0.39 is 28.3 Å². The van der Waals surface area contributed by atoms with Gasteiger partial charge in [-0.25, -0.2) is 12.8 Å². The van der Waals surface area contributed by atoms with Gasteiger partial charge >= 0.3 is 0 Å². The molecule has 1 amide bonds. The van der Waals surface area contributed by atoms with Gasteiger partial charge in [-0.1, -0.05) is 24.3 Å². The van der Waals surface area contributed by atoms with Crippen LogP contribution >= 0.6 is 0 Å². The van der Waals surface area contributed by atoms with Crippen molar-refractivity contribution in [1.82, 2.24) is 5.32 Å². The minimum Gasteiger partial charge on any atom is -0.493 e. The molecule has 3 aromatic rings. The van der Waals surface area contributed by atoms with Gasteiger partial charge < -0.3 is 19.5 Å². The number of carbonyl (C=O) groups is 1. The lowest BCUT2D eigenvalue weighted by atomic mass is 10.1. The molecule has 0 heterocycles. The van der Waals surface area contributed by atoms with Crippen molar-refractivity contribution in [3.05, 3.63) is 78.1 Å². The molecule has 204 valence electrons. The lowest BCUT2D eigenvalue weighted by molar-refractivity contribution is -0.119. The van der Waals surface area contributed by atoms with Gasteiger partial charge in [-0.2, -0.15) is 0 Å². The molecule has 0 radical (unpaired) electrons. The van der Waals surface area contributed by atoms with Crippen LogP contribution in [0.25, 0.3) is 0 Å². The molecule has 0 aliphatic rings. The van der Waals surface area contributed by atoms with Gasteiger partial charge in [0.1, 0.15) is 18.1 Å². The molecule has 0 saturated carbocycles. The van der Waals surface area contributed by atoms with Crippen molar-refractivity contribution >= 4 is 21.6 Å². The van der Waals surface area contributed by atoms with Crippen molar-refractivity contribution in [3.63, 3.8) is 0 Å². The van der Waals surface area contributed by atoms with E-state index in [1.54, 1.807) is 0 Å². The minimum atomic E-state index is -4.33. The van der Waals surface area contributed by atoms with Crippen molar-refractivity contribution in [1.29, 1.82) is 0 Å². The number of aryl methyl sites for hydroxylation is 1. The van der Waals surface area contributed by atoms with Crippen molar-refractivity contribution in [2.24, 2.45) is 0 Å². The highest BCUT2D eigenvalue weighted by Gasteiger charge is 2.30. The molecule has 3 aromatic carbocycles. The first-order valence-electron chi connectivity index (χ1n) is 12.2. The maximum absolute atomic E-state index is 14.7. The molecule has 1 N–H and O–H groups in total. The van der Waals surface area contributed by atoms with Gasteiger partial charge in [0.2, 0.25) is 5.91 Å². The van der Waals surface area contributed by atoms with Crippen LogP contribution < -0.4 is 23.8 Å². The number of halogens is 1. The summed E-state index contributed by atoms with van der Waals surface area (Å²) in [4.78, 5) is 12.6. The summed E-state index contributed by atoms with van der Waals surface area (Å²) < 4.78 is 58.6. The van der Waals surface area contributed by atoms with Gasteiger partial charge in [0.25, 0.3) is 10.0 Å². The van der Waals surface area contributed by atoms with Crippen molar-refractivity contribution in [2.45, 2.75) is 37.7 Å². The number of para-hydroxylation sites is 1. The molecule has 0 aliphatic carbocycles. The Morgan fingerprint density at radius 1 is 0.974 bits per heavy atom. The normalized spacial score (nSPS) is 11.2. The Hall–Kier alpha value is -3.79. The molecule has 0 bridgehead atoms. The second kappa shape index (κ2) is 13.1. The van der Waals surface area contributed by atoms with Gasteiger partial charge in [-0.15, -0.1) is 0 Å². The van der Waals surface area contributed by atoms with Crippen LogP contribution in [0.2, 0.25) is 0 Å². The topological polar surface area (TPSA) is 94.2 Å². The zero-order valence-electron chi connectivity index (χ0n) is 21.9. The Bertz CT molecular complexity index is 1330. The maximum Gasteiger partial charge on any atom is 0.265 e. The Balaban J connectivity index is 1.71. The first-order valence-corrected chi connectivity index (χ1v) is 13.6. The summed E-state index contributed by atoms with van der Waals surface area (Å²) in [6.07, 6.45) is 1.44. The van der Waals surface area contributed by atoms with Crippen LogP contribution in [-0.4, -0.2) is 47.7 Å². The van der Waals surface area contributed by atoms with Crippen LogP contribution in [0, 0.1) is 5.82 Å². The highest BCUT2D eigenvalue weighted by atomic mass is 32.2. The summed E-state index contributed by atoms with van der Waals surface area (Å²) in [6.45, 7) is 3.65. The third-order valence-electron chi connectivity index (χ3n) is 5.61. The molecule has 3 rings (SSSR count). The number of nitrogens with one attached hydrogen (secondary N) is 1. The van der Waals surface area contributed by atoms with Crippen LogP contribution in [0.4, 0.5) is 10.1 Å². The van der Waals surface area contributed by atoms with Crippen molar-refractivity contribution in [2.75, 3.05) is 31.6 Å². The van der Waals surface area contributed by atoms with Crippen LogP contribution in [0.1, 0.15) is 25.8 Å². The molecule has 0 atom stereocenters. The zero-order valence-corrected chi connectivity index (χ0v) is 22.8. The standard InChI is InChI=1S/C28H33FN2O6S/c1-20(2)37-22-13-11-21(12-14-22)8-7-17-30-28(32)19-31(25-10-6-5-9-24(25)29)38(33,34)23-15-16-26(35-3)27(18-23)36-4/h5-6,9-16,18,20H,7-8,17,19H2,1-4H3,(H,30,32). The molecule has 0 aliphatic heterocycles. The summed E-state index contributed by atoms with van der Waals surface area (Å²) in [5.74, 6) is -0.00718. The second-order valence-corrected chi connectivity index (χ2v) is 10.6. The number of methoxy groups -OCH3 is 2. The van der Waals surface area contributed by atoms with Gasteiger partial charge in [-0.05, 0) is 68.7 Å². The molecular weight excluding hydrogens is 511 g/mol. The maximum atomic E-state index is 14.7. The predicted molar refractivity (Wildman–Crippen MR) is 144 cm³/mol. The van der Waals surface area contributed by atoms with E-state index >= 15 is 0 Å². The number of sulfonamides is 1. The Kier molecular flexibility index (Phi) is 9.95. The Labute approximate surface area is 223 Å². The molecule has 0 aromatic heterocycles. The summed E-state index contributed by atoms with van der Waals surface area (Å²) in [6, 6.07) is 17.2. The number of ether oxygens (including phenoxy) is 3. The second-order valence-electron chi connectivity index (χ2n) is 8.74. The van der Waals surface area contributed by atoms with E-state index in [1.807, 2.05) is 38.1 Å². The highest BCUT2D eigenvalue weighted by Crippen LogP contribution is 2.32. The number of amides is 1. The molecule has 38 heavy (non-hydrogen) atoms. The van der Waals surface area contributed by atoms with E-state index in [2.05, 4.69) is 5.32 Å². The minimum absolute atomic E-state index is 0.0931. The van der Waals surface area contributed by atoms with Crippen molar-refractivity contribution in [3.8, 4) is 17.2 Å². The number of anilines is 1. The first kappa shape index (κ1) is 28.8. The average Bonchev–Trinajstić information content (AvgIpc) is 2.90. The Morgan fingerprint density at radius 2 is 1.66 bits per heavy atom. The fraction of sp³-hybridized carbons (Fsp3) is 0.321. The Morgan fingerprint density at radius 3 is 2.29 bits per heavy atom. The molecular formula is C28H33FN2O6S. The number of hydrogen-bond donors (Lipinski definition) is 1. The van der Waals surface area contributed by atoms with Gasteiger partial charge in [0.15, 0.2) is 11.5 Å². The van der Waals surface area contributed by atoms with Crippen LogP contribution in [0.15, 0.2) is 71.6 Å². The molecule has 0 spiro atoms. The molecule has 0 saturated heterocycles. The largest absolute Gasteiger partial charge is 0.493 e. The fourth-order valence-electron chi connectivity index (χ4n) is 3.77. The predicted octanol–water partition coefficient (Wildman–Crippen LogP) is 4.57. The summed E-state index contributed by atoms with van der Waals surface area (Å²) >= 11 is 0. The molecule has 10 heteroatoms. The smallest absolute Gasteiger partial charge is 0.265 e. The quantitative estimate of drug-likeness (QED) is 0.317. The fourth-order valence-corrected chi connectivity index (χ4v) is 5.22. The third-order valence-corrected chi connectivity index (χ3v) is 7.37. The van der Waals surface area contributed by atoms with E-state index in [4.69, 9.17) is 14.2 Å².